The molecule has 0 fully saturated rings. The molecule has 1 aromatic carbocycles. The Bertz CT molecular complexity index is 303. The number of hydrogen-bond donors (Lipinski definition) is 1. The first kappa shape index (κ1) is 12.2. The van der Waals surface area contributed by atoms with Gasteiger partial charge in [-0.25, -0.2) is 0 Å². The van der Waals surface area contributed by atoms with Crippen LogP contribution in [0.2, 0.25) is 0 Å². The van der Waals surface area contributed by atoms with Gasteiger partial charge in [-0.15, -0.1) is 0 Å². The van der Waals surface area contributed by atoms with Crippen LogP contribution in [0.25, 0.3) is 0 Å². The second-order valence-electron chi connectivity index (χ2n) is 3.11. The largest absolute Gasteiger partial charge is 0.468 e. The van der Waals surface area contributed by atoms with E-state index in [1.807, 2.05) is 30.3 Å². The minimum Gasteiger partial charge on any atom is -0.468 e. The summed E-state index contributed by atoms with van der Waals surface area (Å²) in [6.45, 7) is 1.31. The second-order valence-corrected chi connectivity index (χ2v) is 4.21. The molecular formula is C11H14BrNO2. The normalized spacial score (nSPS) is 12.1. The van der Waals surface area contributed by atoms with Crippen LogP contribution in [0.1, 0.15) is 5.56 Å². The van der Waals surface area contributed by atoms with E-state index in [1.54, 1.807) is 0 Å². The molecule has 0 aromatic heterocycles. The lowest BCUT2D eigenvalue weighted by Crippen LogP contribution is -2.29. The first-order valence-electron chi connectivity index (χ1n) is 4.70. The van der Waals surface area contributed by atoms with Gasteiger partial charge in [0.25, 0.3) is 0 Å². The van der Waals surface area contributed by atoms with E-state index in [0.29, 0.717) is 6.54 Å². The lowest BCUT2D eigenvalue weighted by atomic mass is 10.2. The van der Waals surface area contributed by atoms with Crippen molar-refractivity contribution in [1.29, 1.82) is 0 Å². The molecule has 1 N–H and O–H groups in total. The Balaban J connectivity index is 2.25. The van der Waals surface area contributed by atoms with Crippen molar-refractivity contribution in [3.8, 4) is 0 Å². The average molecular weight is 272 g/mol. The Hall–Kier alpha value is -0.870. The molecule has 0 saturated carbocycles. The highest BCUT2D eigenvalue weighted by atomic mass is 79.9. The molecule has 0 aliphatic carbocycles. The first-order valence-corrected chi connectivity index (χ1v) is 5.62. The van der Waals surface area contributed by atoms with Gasteiger partial charge in [0.2, 0.25) is 0 Å². The molecule has 0 heterocycles. The van der Waals surface area contributed by atoms with Gasteiger partial charge in [-0.05, 0) is 5.56 Å². The summed E-state index contributed by atoms with van der Waals surface area (Å²) in [7, 11) is 1.38. The number of rotatable bonds is 5. The first-order chi connectivity index (χ1) is 7.24. The predicted molar refractivity (Wildman–Crippen MR) is 62.9 cm³/mol. The van der Waals surface area contributed by atoms with Gasteiger partial charge in [-0.2, -0.15) is 0 Å². The van der Waals surface area contributed by atoms with E-state index < -0.39 is 0 Å². The summed E-state index contributed by atoms with van der Waals surface area (Å²) >= 11 is 3.24. The summed E-state index contributed by atoms with van der Waals surface area (Å²) in [5.41, 5.74) is 1.20. The standard InChI is InChI=1S/C11H14BrNO2/c1-15-11(14)10(12)8-13-7-9-5-3-2-4-6-9/h2-6,10,13H,7-8H2,1H3. The molecule has 0 spiro atoms. The number of carbonyl (C=O) groups excluding carboxylic acids is 1. The molecule has 0 amide bonds. The lowest BCUT2D eigenvalue weighted by molar-refractivity contribution is -0.139. The van der Waals surface area contributed by atoms with Gasteiger partial charge in [0, 0.05) is 13.1 Å². The maximum absolute atomic E-state index is 11.0. The molecule has 1 atom stereocenters. The van der Waals surface area contributed by atoms with E-state index in [1.165, 1.54) is 12.7 Å². The van der Waals surface area contributed by atoms with Gasteiger partial charge in [0.05, 0.1) is 7.11 Å². The lowest BCUT2D eigenvalue weighted by Gasteiger charge is -2.08. The summed E-state index contributed by atoms with van der Waals surface area (Å²) in [4.78, 5) is 10.8. The molecule has 1 rings (SSSR count). The van der Waals surface area contributed by atoms with Crippen LogP contribution in [-0.2, 0) is 16.1 Å². The minimum absolute atomic E-state index is 0.254. The Morgan fingerprint density at radius 3 is 2.73 bits per heavy atom. The summed E-state index contributed by atoms with van der Waals surface area (Å²) < 4.78 is 4.59. The fourth-order valence-electron chi connectivity index (χ4n) is 1.15. The van der Waals surface area contributed by atoms with Crippen molar-refractivity contribution in [1.82, 2.24) is 5.32 Å². The molecule has 0 aliphatic rings. The number of methoxy groups -OCH3 is 1. The van der Waals surface area contributed by atoms with E-state index in [4.69, 9.17) is 0 Å². The third-order valence-corrected chi connectivity index (χ3v) is 2.65. The number of hydrogen-bond acceptors (Lipinski definition) is 3. The zero-order valence-electron chi connectivity index (χ0n) is 8.57. The molecule has 4 heteroatoms. The van der Waals surface area contributed by atoms with Gasteiger partial charge < -0.3 is 10.1 Å². The van der Waals surface area contributed by atoms with Crippen molar-refractivity contribution in [2.45, 2.75) is 11.4 Å². The minimum atomic E-state index is -0.286. The maximum atomic E-state index is 11.0. The van der Waals surface area contributed by atoms with Crippen molar-refractivity contribution >= 4 is 21.9 Å². The molecule has 0 aliphatic heterocycles. The van der Waals surface area contributed by atoms with Crippen molar-refractivity contribution in [3.63, 3.8) is 0 Å². The fourth-order valence-corrected chi connectivity index (χ4v) is 1.57. The number of ether oxygens (including phenoxy) is 1. The molecule has 0 saturated heterocycles. The van der Waals surface area contributed by atoms with E-state index in [9.17, 15) is 4.79 Å². The van der Waals surface area contributed by atoms with Crippen LogP contribution in [-0.4, -0.2) is 24.5 Å². The number of alkyl halides is 1. The van der Waals surface area contributed by atoms with E-state index in [2.05, 4.69) is 26.0 Å². The third kappa shape index (κ3) is 4.44. The molecule has 0 radical (unpaired) electrons. The molecular weight excluding hydrogens is 258 g/mol. The molecule has 15 heavy (non-hydrogen) atoms. The van der Waals surface area contributed by atoms with Gasteiger partial charge in [0.15, 0.2) is 0 Å². The second kappa shape index (κ2) is 6.58. The highest BCUT2D eigenvalue weighted by molar-refractivity contribution is 9.10. The zero-order valence-corrected chi connectivity index (χ0v) is 10.2. The predicted octanol–water partition coefficient (Wildman–Crippen LogP) is 1.71. The van der Waals surface area contributed by atoms with E-state index >= 15 is 0 Å². The van der Waals surface area contributed by atoms with Crippen molar-refractivity contribution in [2.24, 2.45) is 0 Å². The summed E-state index contributed by atoms with van der Waals surface area (Å²) in [6.07, 6.45) is 0. The van der Waals surface area contributed by atoms with Crippen LogP contribution in [0, 0.1) is 0 Å². The van der Waals surface area contributed by atoms with Gasteiger partial charge in [-0.3, -0.25) is 4.79 Å². The molecule has 1 unspecified atom stereocenters. The van der Waals surface area contributed by atoms with Crippen LogP contribution in [0.3, 0.4) is 0 Å². The quantitative estimate of drug-likeness (QED) is 0.655. The summed E-state index contributed by atoms with van der Waals surface area (Å²) in [5.74, 6) is -0.254. The highest BCUT2D eigenvalue weighted by Gasteiger charge is 2.13. The maximum Gasteiger partial charge on any atom is 0.320 e. The molecule has 0 bridgehead atoms. The van der Waals surface area contributed by atoms with Crippen molar-refractivity contribution in [3.05, 3.63) is 35.9 Å². The Morgan fingerprint density at radius 1 is 1.47 bits per heavy atom. The number of benzene rings is 1. The fraction of sp³-hybridized carbons (Fsp3) is 0.364. The van der Waals surface area contributed by atoms with Crippen molar-refractivity contribution in [2.75, 3.05) is 13.7 Å². The van der Waals surface area contributed by atoms with Gasteiger partial charge in [0.1, 0.15) is 4.83 Å². The number of carbonyl (C=O) groups is 1. The smallest absolute Gasteiger partial charge is 0.320 e. The average Bonchev–Trinajstić information content (AvgIpc) is 2.29. The van der Waals surface area contributed by atoms with Crippen LogP contribution in [0.5, 0.6) is 0 Å². The van der Waals surface area contributed by atoms with E-state index in [-0.39, 0.29) is 10.8 Å². The topological polar surface area (TPSA) is 38.3 Å². The number of esters is 1. The SMILES string of the molecule is COC(=O)C(Br)CNCc1ccccc1. The van der Waals surface area contributed by atoms with Gasteiger partial charge in [-0.1, -0.05) is 46.3 Å². The van der Waals surface area contributed by atoms with Gasteiger partial charge >= 0.3 is 5.97 Å². The van der Waals surface area contributed by atoms with Crippen LogP contribution < -0.4 is 5.32 Å². The number of halogens is 1. The Morgan fingerprint density at radius 2 is 2.13 bits per heavy atom. The molecule has 1 aromatic rings. The Kier molecular flexibility index (Phi) is 5.36. The summed E-state index contributed by atoms with van der Waals surface area (Å²) in [6, 6.07) is 10.0. The van der Waals surface area contributed by atoms with Crippen LogP contribution in [0.4, 0.5) is 0 Å². The molecule has 3 nitrogen and oxygen atoms in total. The van der Waals surface area contributed by atoms with Crippen LogP contribution >= 0.6 is 15.9 Å². The Labute approximate surface area is 97.9 Å². The number of nitrogens with one attached hydrogen (secondary N) is 1. The monoisotopic (exact) mass is 271 g/mol. The third-order valence-electron chi connectivity index (χ3n) is 1.95. The van der Waals surface area contributed by atoms with Crippen molar-refractivity contribution < 1.29 is 9.53 Å². The zero-order chi connectivity index (χ0) is 11.1. The summed E-state index contributed by atoms with van der Waals surface area (Å²) in [5, 5.41) is 3.17. The highest BCUT2D eigenvalue weighted by Crippen LogP contribution is 2.01. The van der Waals surface area contributed by atoms with Crippen LogP contribution in [0.15, 0.2) is 30.3 Å². The van der Waals surface area contributed by atoms with E-state index in [0.717, 1.165) is 6.54 Å². The molecule has 82 valence electrons.